The maximum atomic E-state index is 11.8. The van der Waals surface area contributed by atoms with Crippen LogP contribution in [0.15, 0.2) is 24.3 Å². The lowest BCUT2D eigenvalue weighted by molar-refractivity contribution is -0.138. The summed E-state index contributed by atoms with van der Waals surface area (Å²) in [6, 6.07) is 6.71. The van der Waals surface area contributed by atoms with E-state index in [9.17, 15) is 9.59 Å². The molecule has 0 aliphatic heterocycles. The molecule has 0 bridgehead atoms. The zero-order chi connectivity index (χ0) is 17.2. The largest absolute Gasteiger partial charge is 0.480 e. The lowest BCUT2D eigenvalue weighted by Crippen LogP contribution is -2.31. The lowest BCUT2D eigenvalue weighted by atomic mass is 10.1. The molecule has 0 saturated heterocycles. The predicted molar refractivity (Wildman–Crippen MR) is 92.7 cm³/mol. The van der Waals surface area contributed by atoms with Crippen molar-refractivity contribution in [3.05, 3.63) is 24.3 Å². The van der Waals surface area contributed by atoms with Crippen LogP contribution in [-0.4, -0.2) is 36.1 Å². The van der Waals surface area contributed by atoms with Crippen molar-refractivity contribution in [1.82, 2.24) is 0 Å². The Morgan fingerprint density at radius 2 is 1.74 bits per heavy atom. The van der Waals surface area contributed by atoms with Gasteiger partial charge in [-0.25, -0.2) is 0 Å². The Kier molecular flexibility index (Phi) is 8.11. The summed E-state index contributed by atoms with van der Waals surface area (Å²) in [4.78, 5) is 24.7. The number of amides is 1. The minimum Gasteiger partial charge on any atom is -0.480 e. The SMILES string of the molecule is CCCN(CCC)c1ccc(NC(=O)CC[C@H](N)C(=O)O)cc1. The number of nitrogens with one attached hydrogen (secondary N) is 1. The standard InChI is InChI=1S/C17H27N3O3/c1-3-11-20(12-4-2)14-7-5-13(6-8-14)19-16(21)10-9-15(18)17(22)23/h5-8,15H,3-4,9-12,18H2,1-2H3,(H,19,21)(H,22,23)/t15-/m0/s1. The van der Waals surface area contributed by atoms with Gasteiger partial charge in [0.15, 0.2) is 0 Å². The predicted octanol–water partition coefficient (Wildman–Crippen LogP) is 2.44. The highest BCUT2D eigenvalue weighted by Crippen LogP contribution is 2.19. The van der Waals surface area contributed by atoms with Gasteiger partial charge >= 0.3 is 5.97 Å². The van der Waals surface area contributed by atoms with Crippen molar-refractivity contribution in [2.45, 2.75) is 45.6 Å². The van der Waals surface area contributed by atoms with Crippen LogP contribution in [0.1, 0.15) is 39.5 Å². The Morgan fingerprint density at radius 1 is 1.17 bits per heavy atom. The number of carbonyl (C=O) groups excluding carboxylic acids is 1. The van der Waals surface area contributed by atoms with Gasteiger partial charge in [0, 0.05) is 30.9 Å². The molecule has 1 atom stereocenters. The zero-order valence-electron chi connectivity index (χ0n) is 13.9. The van der Waals surface area contributed by atoms with Gasteiger partial charge in [-0.05, 0) is 43.5 Å². The van der Waals surface area contributed by atoms with Gasteiger partial charge in [0.25, 0.3) is 0 Å². The smallest absolute Gasteiger partial charge is 0.320 e. The summed E-state index contributed by atoms with van der Waals surface area (Å²) in [5, 5.41) is 11.5. The lowest BCUT2D eigenvalue weighted by Gasteiger charge is -2.24. The van der Waals surface area contributed by atoms with E-state index in [1.807, 2.05) is 24.3 Å². The number of hydrogen-bond acceptors (Lipinski definition) is 4. The van der Waals surface area contributed by atoms with Gasteiger partial charge in [0.1, 0.15) is 6.04 Å². The van der Waals surface area contributed by atoms with Crippen LogP contribution in [0.2, 0.25) is 0 Å². The van der Waals surface area contributed by atoms with E-state index in [2.05, 4.69) is 24.1 Å². The van der Waals surface area contributed by atoms with Gasteiger partial charge in [-0.3, -0.25) is 9.59 Å². The molecule has 0 aliphatic carbocycles. The molecule has 1 aromatic carbocycles. The van der Waals surface area contributed by atoms with E-state index in [1.54, 1.807) is 0 Å². The van der Waals surface area contributed by atoms with E-state index in [0.29, 0.717) is 5.69 Å². The topological polar surface area (TPSA) is 95.7 Å². The number of benzene rings is 1. The van der Waals surface area contributed by atoms with Crippen molar-refractivity contribution in [1.29, 1.82) is 0 Å². The van der Waals surface area contributed by atoms with Gasteiger partial charge < -0.3 is 21.1 Å². The van der Waals surface area contributed by atoms with Crippen LogP contribution in [0.3, 0.4) is 0 Å². The number of anilines is 2. The molecule has 128 valence electrons. The van der Waals surface area contributed by atoms with Crippen molar-refractivity contribution in [2.24, 2.45) is 5.73 Å². The third-order valence-corrected chi connectivity index (χ3v) is 3.50. The highest BCUT2D eigenvalue weighted by Gasteiger charge is 2.13. The Labute approximate surface area is 137 Å². The maximum absolute atomic E-state index is 11.8. The van der Waals surface area contributed by atoms with Crippen molar-refractivity contribution < 1.29 is 14.7 Å². The fourth-order valence-corrected chi connectivity index (χ4v) is 2.30. The van der Waals surface area contributed by atoms with E-state index in [0.717, 1.165) is 31.6 Å². The summed E-state index contributed by atoms with van der Waals surface area (Å²) in [7, 11) is 0. The first kappa shape index (κ1) is 19.0. The first-order chi connectivity index (χ1) is 11.0. The second-order valence-corrected chi connectivity index (χ2v) is 5.57. The molecule has 1 aromatic rings. The molecule has 0 radical (unpaired) electrons. The number of nitrogens with two attached hydrogens (primary N) is 1. The quantitative estimate of drug-likeness (QED) is 0.615. The van der Waals surface area contributed by atoms with Gasteiger partial charge in [-0.15, -0.1) is 0 Å². The Hall–Kier alpha value is -2.08. The van der Waals surface area contributed by atoms with E-state index < -0.39 is 12.0 Å². The molecule has 1 amide bonds. The number of carboxylic acid groups (broad SMARTS) is 1. The summed E-state index contributed by atoms with van der Waals surface area (Å²) < 4.78 is 0. The molecule has 0 fully saturated rings. The molecule has 0 saturated carbocycles. The zero-order valence-corrected chi connectivity index (χ0v) is 13.9. The van der Waals surface area contributed by atoms with E-state index in [1.165, 1.54) is 0 Å². The molecule has 0 heterocycles. The Balaban J connectivity index is 2.55. The average Bonchev–Trinajstić information content (AvgIpc) is 2.53. The van der Waals surface area contributed by atoms with Gasteiger partial charge in [-0.1, -0.05) is 13.8 Å². The van der Waals surface area contributed by atoms with E-state index >= 15 is 0 Å². The van der Waals surface area contributed by atoms with Gasteiger partial charge in [0.05, 0.1) is 0 Å². The third kappa shape index (κ3) is 6.69. The molecule has 0 spiro atoms. The molecular formula is C17H27N3O3. The van der Waals surface area contributed by atoms with E-state index in [-0.39, 0.29) is 18.7 Å². The highest BCUT2D eigenvalue weighted by molar-refractivity contribution is 5.91. The van der Waals surface area contributed by atoms with Gasteiger partial charge in [0.2, 0.25) is 5.91 Å². The Bertz CT molecular complexity index is 496. The number of hydrogen-bond donors (Lipinski definition) is 3. The number of carbonyl (C=O) groups is 2. The summed E-state index contributed by atoms with van der Waals surface area (Å²) >= 11 is 0. The second-order valence-electron chi connectivity index (χ2n) is 5.57. The van der Waals surface area contributed by atoms with Crippen LogP contribution in [-0.2, 0) is 9.59 Å². The number of aliphatic carboxylic acids is 1. The van der Waals surface area contributed by atoms with Crippen molar-refractivity contribution in [3.63, 3.8) is 0 Å². The monoisotopic (exact) mass is 321 g/mol. The normalized spacial score (nSPS) is 11.8. The number of rotatable bonds is 10. The van der Waals surface area contributed by atoms with Crippen LogP contribution in [0.25, 0.3) is 0 Å². The Morgan fingerprint density at radius 3 is 2.22 bits per heavy atom. The summed E-state index contributed by atoms with van der Waals surface area (Å²) in [5.41, 5.74) is 7.23. The maximum Gasteiger partial charge on any atom is 0.320 e. The molecule has 0 aliphatic rings. The van der Waals surface area contributed by atoms with Crippen LogP contribution in [0.4, 0.5) is 11.4 Å². The minimum absolute atomic E-state index is 0.0903. The molecule has 6 nitrogen and oxygen atoms in total. The van der Waals surface area contributed by atoms with Crippen LogP contribution < -0.4 is 16.0 Å². The van der Waals surface area contributed by atoms with E-state index in [4.69, 9.17) is 10.8 Å². The fraction of sp³-hybridized carbons (Fsp3) is 0.529. The van der Waals surface area contributed by atoms with Crippen LogP contribution in [0, 0.1) is 0 Å². The molecule has 6 heteroatoms. The number of nitrogens with zero attached hydrogens (tertiary/aromatic N) is 1. The first-order valence-corrected chi connectivity index (χ1v) is 8.11. The average molecular weight is 321 g/mol. The summed E-state index contributed by atoms with van der Waals surface area (Å²) in [5.74, 6) is -1.32. The summed E-state index contributed by atoms with van der Waals surface area (Å²) in [6.07, 6.45) is 2.39. The minimum atomic E-state index is -1.09. The fourth-order valence-electron chi connectivity index (χ4n) is 2.30. The summed E-state index contributed by atoms with van der Waals surface area (Å²) in [6.45, 7) is 6.32. The molecule has 1 rings (SSSR count). The molecule has 23 heavy (non-hydrogen) atoms. The first-order valence-electron chi connectivity index (χ1n) is 8.11. The van der Waals surface area contributed by atoms with Crippen LogP contribution >= 0.6 is 0 Å². The molecule has 0 unspecified atom stereocenters. The molecular weight excluding hydrogens is 294 g/mol. The van der Waals surface area contributed by atoms with Gasteiger partial charge in [-0.2, -0.15) is 0 Å². The number of carboxylic acids is 1. The van der Waals surface area contributed by atoms with Crippen molar-refractivity contribution in [2.75, 3.05) is 23.3 Å². The second kappa shape index (κ2) is 9.84. The molecule has 0 aromatic heterocycles. The third-order valence-electron chi connectivity index (χ3n) is 3.50. The van der Waals surface area contributed by atoms with Crippen molar-refractivity contribution in [3.8, 4) is 0 Å². The van der Waals surface area contributed by atoms with Crippen LogP contribution in [0.5, 0.6) is 0 Å². The molecule has 4 N–H and O–H groups in total. The highest BCUT2D eigenvalue weighted by atomic mass is 16.4. The van der Waals surface area contributed by atoms with Crippen molar-refractivity contribution >= 4 is 23.3 Å².